The molecule has 0 radical (unpaired) electrons. The van der Waals surface area contributed by atoms with E-state index >= 15 is 0 Å². The molecule has 1 aromatic heterocycles. The number of anilines is 1. The predicted octanol–water partition coefficient (Wildman–Crippen LogP) is 0.731. The van der Waals surface area contributed by atoms with Crippen LogP contribution in [0.1, 0.15) is 10.5 Å². The summed E-state index contributed by atoms with van der Waals surface area (Å²) in [6.45, 7) is 1.13. The fraction of sp³-hybridized carbons (Fsp3) is 0.267. The first-order chi connectivity index (χ1) is 10.1. The van der Waals surface area contributed by atoms with E-state index in [1.807, 2.05) is 24.3 Å². The van der Waals surface area contributed by atoms with Crippen LogP contribution in [-0.4, -0.2) is 53.3 Å². The molecular weight excluding hydrogens is 268 g/mol. The highest BCUT2D eigenvalue weighted by molar-refractivity contribution is 6.00. The molecule has 0 unspecified atom stereocenters. The highest BCUT2D eigenvalue weighted by Crippen LogP contribution is 2.21. The maximum Gasteiger partial charge on any atom is 0.273 e. The maximum absolute atomic E-state index is 12.5. The van der Waals surface area contributed by atoms with Crippen LogP contribution in [0.25, 0.3) is 10.9 Å². The Kier molecular flexibility index (Phi) is 3.21. The van der Waals surface area contributed by atoms with E-state index in [0.29, 0.717) is 24.3 Å². The van der Waals surface area contributed by atoms with E-state index in [4.69, 9.17) is 5.73 Å². The van der Waals surface area contributed by atoms with Gasteiger partial charge in [0, 0.05) is 31.2 Å². The van der Waals surface area contributed by atoms with E-state index in [1.165, 1.54) is 4.90 Å². The number of nitrogens with zero attached hydrogens (tertiary/aromatic N) is 3. The number of piperazine rings is 1. The predicted molar refractivity (Wildman–Crippen MR) is 79.7 cm³/mol. The van der Waals surface area contributed by atoms with Crippen LogP contribution in [0, 0.1) is 0 Å². The van der Waals surface area contributed by atoms with Gasteiger partial charge < -0.3 is 15.5 Å². The molecule has 2 heterocycles. The van der Waals surface area contributed by atoms with Crippen molar-refractivity contribution < 1.29 is 9.59 Å². The van der Waals surface area contributed by atoms with Crippen molar-refractivity contribution in [1.29, 1.82) is 0 Å². The van der Waals surface area contributed by atoms with Gasteiger partial charge in [-0.2, -0.15) is 0 Å². The van der Waals surface area contributed by atoms with E-state index in [9.17, 15) is 9.59 Å². The minimum Gasteiger partial charge on any atom is -0.398 e. The smallest absolute Gasteiger partial charge is 0.273 e. The molecular formula is C15H16N4O2. The van der Waals surface area contributed by atoms with Gasteiger partial charge in [0.25, 0.3) is 5.91 Å². The van der Waals surface area contributed by atoms with Gasteiger partial charge in [-0.1, -0.05) is 18.2 Å². The fourth-order valence-corrected chi connectivity index (χ4v) is 2.41. The summed E-state index contributed by atoms with van der Waals surface area (Å²) in [6.07, 6.45) is 0. The van der Waals surface area contributed by atoms with Gasteiger partial charge in [-0.3, -0.25) is 9.59 Å². The van der Waals surface area contributed by atoms with Crippen molar-refractivity contribution >= 4 is 28.4 Å². The minimum atomic E-state index is -0.256. The van der Waals surface area contributed by atoms with E-state index < -0.39 is 0 Å². The normalized spacial score (nSPS) is 15.6. The van der Waals surface area contributed by atoms with Crippen molar-refractivity contribution in [3.8, 4) is 0 Å². The summed E-state index contributed by atoms with van der Waals surface area (Å²) in [5.41, 5.74) is 7.47. The minimum absolute atomic E-state index is 0.0663. The largest absolute Gasteiger partial charge is 0.398 e. The highest BCUT2D eigenvalue weighted by atomic mass is 16.2. The fourth-order valence-electron chi connectivity index (χ4n) is 2.41. The third kappa shape index (κ3) is 2.40. The molecule has 1 aliphatic rings. The highest BCUT2D eigenvalue weighted by Gasteiger charge is 2.26. The van der Waals surface area contributed by atoms with Crippen molar-refractivity contribution in [2.24, 2.45) is 0 Å². The topological polar surface area (TPSA) is 79.5 Å². The lowest BCUT2D eigenvalue weighted by molar-refractivity contribution is -0.133. The average molecular weight is 284 g/mol. The Balaban J connectivity index is 1.93. The molecule has 1 aliphatic heterocycles. The van der Waals surface area contributed by atoms with E-state index in [-0.39, 0.29) is 24.1 Å². The molecule has 1 fully saturated rings. The Bertz CT molecular complexity index is 729. The van der Waals surface area contributed by atoms with E-state index in [0.717, 1.165) is 5.39 Å². The van der Waals surface area contributed by atoms with Gasteiger partial charge in [-0.25, -0.2) is 4.98 Å². The third-order valence-electron chi connectivity index (χ3n) is 3.71. The number of pyridine rings is 1. The van der Waals surface area contributed by atoms with Gasteiger partial charge >= 0.3 is 0 Å². The number of hydrogen-bond acceptors (Lipinski definition) is 4. The Hall–Kier alpha value is -2.63. The SMILES string of the molecule is CN1CCN(C(=O)c2cc(N)c3ccccc3n2)CC1=O. The van der Waals surface area contributed by atoms with Crippen molar-refractivity contribution in [3.63, 3.8) is 0 Å². The zero-order chi connectivity index (χ0) is 15.0. The lowest BCUT2D eigenvalue weighted by Crippen LogP contribution is -2.50. The number of likely N-dealkylation sites (N-methyl/N-ethyl adjacent to an activating group) is 1. The molecule has 0 aliphatic carbocycles. The average Bonchev–Trinajstić information content (AvgIpc) is 2.49. The lowest BCUT2D eigenvalue weighted by Gasteiger charge is -2.31. The first-order valence-corrected chi connectivity index (χ1v) is 6.75. The summed E-state index contributed by atoms with van der Waals surface area (Å²) in [5.74, 6) is -0.322. The lowest BCUT2D eigenvalue weighted by atomic mass is 10.1. The zero-order valence-electron chi connectivity index (χ0n) is 11.7. The van der Waals surface area contributed by atoms with Crippen LogP contribution < -0.4 is 5.73 Å². The summed E-state index contributed by atoms with van der Waals surface area (Å²) < 4.78 is 0. The van der Waals surface area contributed by atoms with Crippen molar-refractivity contribution in [3.05, 3.63) is 36.0 Å². The molecule has 21 heavy (non-hydrogen) atoms. The van der Waals surface area contributed by atoms with Crippen LogP contribution in [-0.2, 0) is 4.79 Å². The molecule has 3 rings (SSSR count). The summed E-state index contributed by atoms with van der Waals surface area (Å²) in [5, 5.41) is 0.823. The second-order valence-corrected chi connectivity index (χ2v) is 5.16. The Morgan fingerprint density at radius 2 is 2.05 bits per heavy atom. The molecule has 0 atom stereocenters. The van der Waals surface area contributed by atoms with Gasteiger partial charge in [0.1, 0.15) is 12.2 Å². The number of nitrogen functional groups attached to an aromatic ring is 1. The molecule has 2 amide bonds. The van der Waals surface area contributed by atoms with Gasteiger partial charge in [0.15, 0.2) is 0 Å². The summed E-state index contributed by atoms with van der Waals surface area (Å²) in [4.78, 5) is 31.7. The number of hydrogen-bond donors (Lipinski definition) is 1. The van der Waals surface area contributed by atoms with Gasteiger partial charge in [0.05, 0.1) is 5.52 Å². The second-order valence-electron chi connectivity index (χ2n) is 5.16. The second kappa shape index (κ2) is 5.05. The van der Waals surface area contributed by atoms with Gasteiger partial charge in [-0.15, -0.1) is 0 Å². The monoisotopic (exact) mass is 284 g/mol. The van der Waals surface area contributed by atoms with Crippen molar-refractivity contribution in [2.45, 2.75) is 0 Å². The zero-order valence-corrected chi connectivity index (χ0v) is 11.7. The molecule has 108 valence electrons. The number of fused-ring (bicyclic) bond motifs is 1. The number of nitrogens with two attached hydrogens (primary N) is 1. The van der Waals surface area contributed by atoms with Crippen LogP contribution in [0.15, 0.2) is 30.3 Å². The van der Waals surface area contributed by atoms with Crippen LogP contribution in [0.5, 0.6) is 0 Å². The van der Waals surface area contributed by atoms with Crippen LogP contribution in [0.3, 0.4) is 0 Å². The molecule has 0 bridgehead atoms. The maximum atomic E-state index is 12.5. The van der Waals surface area contributed by atoms with Crippen LogP contribution in [0.4, 0.5) is 5.69 Å². The number of para-hydroxylation sites is 1. The summed E-state index contributed by atoms with van der Waals surface area (Å²) in [6, 6.07) is 8.99. The summed E-state index contributed by atoms with van der Waals surface area (Å²) in [7, 11) is 1.73. The number of carbonyl (C=O) groups excluding carboxylic acids is 2. The molecule has 0 spiro atoms. The van der Waals surface area contributed by atoms with Crippen LogP contribution >= 0.6 is 0 Å². The van der Waals surface area contributed by atoms with Crippen molar-refractivity contribution in [2.75, 3.05) is 32.4 Å². The molecule has 1 saturated heterocycles. The molecule has 6 heteroatoms. The van der Waals surface area contributed by atoms with E-state index in [1.54, 1.807) is 18.0 Å². The quantitative estimate of drug-likeness (QED) is 0.837. The number of carbonyl (C=O) groups is 2. The number of rotatable bonds is 1. The Morgan fingerprint density at radius 3 is 2.81 bits per heavy atom. The molecule has 1 aromatic carbocycles. The first-order valence-electron chi connectivity index (χ1n) is 6.75. The number of aromatic nitrogens is 1. The standard InChI is InChI=1S/C15H16N4O2/c1-18-6-7-19(9-14(18)20)15(21)13-8-11(16)10-4-2-3-5-12(10)17-13/h2-5,8H,6-7,9H2,1H3,(H2,16,17). The number of amides is 2. The molecule has 0 saturated carbocycles. The molecule has 6 nitrogen and oxygen atoms in total. The van der Waals surface area contributed by atoms with Crippen LogP contribution in [0.2, 0.25) is 0 Å². The summed E-state index contributed by atoms with van der Waals surface area (Å²) >= 11 is 0. The Morgan fingerprint density at radius 1 is 1.29 bits per heavy atom. The molecule has 2 N–H and O–H groups in total. The third-order valence-corrected chi connectivity index (χ3v) is 3.71. The van der Waals surface area contributed by atoms with Gasteiger partial charge in [0.2, 0.25) is 5.91 Å². The number of benzene rings is 1. The van der Waals surface area contributed by atoms with Crippen molar-refractivity contribution in [1.82, 2.24) is 14.8 Å². The Labute approximate surface area is 122 Å². The first kappa shape index (κ1) is 13.4. The molecule has 2 aromatic rings. The van der Waals surface area contributed by atoms with E-state index in [2.05, 4.69) is 4.98 Å². The van der Waals surface area contributed by atoms with Gasteiger partial charge in [-0.05, 0) is 12.1 Å².